The van der Waals surface area contributed by atoms with E-state index in [2.05, 4.69) is 193 Å². The van der Waals surface area contributed by atoms with Crippen LogP contribution in [-0.2, 0) is 0 Å². The molecule has 1 heterocycles. The van der Waals surface area contributed by atoms with Crippen molar-refractivity contribution in [3.05, 3.63) is 200 Å². The Balaban J connectivity index is 1.17. The third kappa shape index (κ3) is 5.04. The Morgan fingerprint density at radius 1 is 0.327 bits per heavy atom. The highest BCUT2D eigenvalue weighted by atomic mass is 16.3. The number of anilines is 3. The summed E-state index contributed by atoms with van der Waals surface area (Å²) in [5, 5.41) is 7.17. The lowest BCUT2D eigenvalue weighted by molar-refractivity contribution is 0.669. The third-order valence-electron chi connectivity index (χ3n) is 10.3. The van der Waals surface area contributed by atoms with Crippen molar-refractivity contribution in [2.24, 2.45) is 0 Å². The smallest absolute Gasteiger partial charge is 0.136 e. The lowest BCUT2D eigenvalue weighted by Gasteiger charge is -2.28. The molecule has 244 valence electrons. The van der Waals surface area contributed by atoms with Crippen molar-refractivity contribution in [3.8, 4) is 33.4 Å². The normalized spacial score (nSPS) is 11.5. The first-order valence-electron chi connectivity index (χ1n) is 17.8. The summed E-state index contributed by atoms with van der Waals surface area (Å²) in [5.41, 5.74) is 12.2. The summed E-state index contributed by atoms with van der Waals surface area (Å²) in [6.45, 7) is 0. The zero-order valence-corrected chi connectivity index (χ0v) is 28.4. The number of benzene rings is 9. The van der Waals surface area contributed by atoms with Crippen molar-refractivity contribution in [3.63, 3.8) is 0 Å². The number of hydrogen-bond donors (Lipinski definition) is 0. The van der Waals surface area contributed by atoms with E-state index in [4.69, 9.17) is 4.42 Å². The Kier molecular flexibility index (Phi) is 7.18. The van der Waals surface area contributed by atoms with E-state index in [9.17, 15) is 0 Å². The SMILES string of the molecule is c1ccc(-c2ccc(N(c3ccc(-c4cccc5ccccc45)cc3)c3cccc(-c4cccc5oc6ccccc6c45)c3)c3ccccc23)cc1. The molecule has 0 aliphatic rings. The monoisotopic (exact) mass is 663 g/mol. The topological polar surface area (TPSA) is 16.4 Å². The average molecular weight is 664 g/mol. The van der Waals surface area contributed by atoms with Crippen LogP contribution in [0.2, 0.25) is 0 Å². The van der Waals surface area contributed by atoms with Gasteiger partial charge in [-0.2, -0.15) is 0 Å². The van der Waals surface area contributed by atoms with Gasteiger partial charge in [0.15, 0.2) is 0 Å². The fourth-order valence-corrected chi connectivity index (χ4v) is 7.87. The predicted octanol–water partition coefficient (Wildman–Crippen LogP) is 14.4. The highest BCUT2D eigenvalue weighted by molar-refractivity contribution is 6.13. The van der Waals surface area contributed by atoms with Crippen LogP contribution in [0.15, 0.2) is 205 Å². The summed E-state index contributed by atoms with van der Waals surface area (Å²) in [7, 11) is 0. The van der Waals surface area contributed by atoms with Crippen LogP contribution in [0.3, 0.4) is 0 Å². The Hall–Kier alpha value is -6.90. The zero-order valence-electron chi connectivity index (χ0n) is 28.4. The van der Waals surface area contributed by atoms with Gasteiger partial charge in [-0.1, -0.05) is 158 Å². The van der Waals surface area contributed by atoms with Crippen LogP contribution in [0.5, 0.6) is 0 Å². The van der Waals surface area contributed by atoms with Gasteiger partial charge in [0, 0.05) is 27.5 Å². The molecule has 52 heavy (non-hydrogen) atoms. The van der Waals surface area contributed by atoms with E-state index < -0.39 is 0 Å². The van der Waals surface area contributed by atoms with Crippen molar-refractivity contribution in [1.82, 2.24) is 0 Å². The van der Waals surface area contributed by atoms with Gasteiger partial charge in [-0.05, 0) is 92.0 Å². The van der Waals surface area contributed by atoms with Crippen LogP contribution >= 0.6 is 0 Å². The molecular weight excluding hydrogens is 631 g/mol. The van der Waals surface area contributed by atoms with E-state index >= 15 is 0 Å². The van der Waals surface area contributed by atoms with Gasteiger partial charge in [0.25, 0.3) is 0 Å². The molecule has 2 nitrogen and oxygen atoms in total. The quantitative estimate of drug-likeness (QED) is 0.176. The molecule has 0 saturated heterocycles. The summed E-state index contributed by atoms with van der Waals surface area (Å²) in [6.07, 6.45) is 0. The molecule has 0 amide bonds. The second-order valence-electron chi connectivity index (χ2n) is 13.3. The van der Waals surface area contributed by atoms with Crippen molar-refractivity contribution in [2.45, 2.75) is 0 Å². The third-order valence-corrected chi connectivity index (χ3v) is 10.3. The van der Waals surface area contributed by atoms with Gasteiger partial charge in [-0.25, -0.2) is 0 Å². The molecule has 0 spiro atoms. The molecule has 0 unspecified atom stereocenters. The molecule has 2 heteroatoms. The molecule has 9 aromatic carbocycles. The fourth-order valence-electron chi connectivity index (χ4n) is 7.87. The van der Waals surface area contributed by atoms with Crippen molar-refractivity contribution in [1.29, 1.82) is 0 Å². The van der Waals surface area contributed by atoms with Crippen molar-refractivity contribution < 1.29 is 4.42 Å². The van der Waals surface area contributed by atoms with Crippen LogP contribution in [0, 0.1) is 0 Å². The Morgan fingerprint density at radius 2 is 0.923 bits per heavy atom. The first-order chi connectivity index (χ1) is 25.8. The van der Waals surface area contributed by atoms with Gasteiger partial charge in [0.05, 0.1) is 5.69 Å². The lowest BCUT2D eigenvalue weighted by atomic mass is 9.95. The van der Waals surface area contributed by atoms with E-state index in [-0.39, 0.29) is 0 Å². The van der Waals surface area contributed by atoms with Crippen LogP contribution in [-0.4, -0.2) is 0 Å². The van der Waals surface area contributed by atoms with Gasteiger partial charge in [-0.15, -0.1) is 0 Å². The molecule has 0 radical (unpaired) electrons. The Labute approximate surface area is 302 Å². The van der Waals surface area contributed by atoms with Gasteiger partial charge >= 0.3 is 0 Å². The first-order valence-corrected chi connectivity index (χ1v) is 17.8. The van der Waals surface area contributed by atoms with Crippen LogP contribution in [0.1, 0.15) is 0 Å². The van der Waals surface area contributed by atoms with Gasteiger partial charge in [0.2, 0.25) is 0 Å². The van der Waals surface area contributed by atoms with E-state index in [1.807, 2.05) is 12.1 Å². The maximum atomic E-state index is 6.29. The molecule has 0 atom stereocenters. The van der Waals surface area contributed by atoms with E-state index in [0.717, 1.165) is 50.1 Å². The summed E-state index contributed by atoms with van der Waals surface area (Å²) in [4.78, 5) is 2.40. The summed E-state index contributed by atoms with van der Waals surface area (Å²) in [5.74, 6) is 0. The molecule has 0 aliphatic heterocycles. The second-order valence-corrected chi connectivity index (χ2v) is 13.3. The van der Waals surface area contributed by atoms with Crippen molar-refractivity contribution >= 4 is 60.5 Å². The number of nitrogens with zero attached hydrogens (tertiary/aromatic N) is 1. The number of hydrogen-bond acceptors (Lipinski definition) is 2. The molecular formula is C50H33NO. The molecule has 0 fully saturated rings. The van der Waals surface area contributed by atoms with Crippen LogP contribution in [0.25, 0.3) is 76.9 Å². The molecule has 0 bridgehead atoms. The molecule has 10 rings (SSSR count). The highest BCUT2D eigenvalue weighted by Crippen LogP contribution is 2.44. The van der Waals surface area contributed by atoms with E-state index in [1.165, 1.54) is 43.8 Å². The maximum absolute atomic E-state index is 6.29. The largest absolute Gasteiger partial charge is 0.456 e. The fraction of sp³-hybridized carbons (Fsp3) is 0. The minimum absolute atomic E-state index is 0.896. The molecule has 0 saturated carbocycles. The minimum Gasteiger partial charge on any atom is -0.456 e. The number of para-hydroxylation sites is 1. The standard InChI is InChI=1S/C50H33NO/c1-2-13-34(14-3-1)42-31-32-47(45-21-7-6-20-44(42)45)51(38-29-27-36(28-30-38)41-23-11-16-35-15-4-5-19-40(35)41)39-18-10-17-37(33-39)43-24-12-26-49-50(43)46-22-8-9-25-48(46)52-49/h1-33H. The predicted molar refractivity (Wildman–Crippen MR) is 220 cm³/mol. The van der Waals surface area contributed by atoms with Crippen LogP contribution < -0.4 is 4.90 Å². The van der Waals surface area contributed by atoms with Crippen molar-refractivity contribution in [2.75, 3.05) is 4.90 Å². The van der Waals surface area contributed by atoms with E-state index in [0.29, 0.717) is 0 Å². The summed E-state index contributed by atoms with van der Waals surface area (Å²) in [6, 6.07) is 71.7. The Bertz CT molecular complexity index is 2900. The van der Waals surface area contributed by atoms with E-state index in [1.54, 1.807) is 0 Å². The number of fused-ring (bicyclic) bond motifs is 5. The number of furan rings is 1. The first kappa shape index (κ1) is 30.0. The molecule has 10 aromatic rings. The zero-order chi connectivity index (χ0) is 34.4. The van der Waals surface area contributed by atoms with Gasteiger partial charge in [-0.3, -0.25) is 0 Å². The lowest BCUT2D eigenvalue weighted by Crippen LogP contribution is -2.10. The second kappa shape index (κ2) is 12.5. The van der Waals surface area contributed by atoms with Crippen LogP contribution in [0.4, 0.5) is 17.1 Å². The van der Waals surface area contributed by atoms with Gasteiger partial charge < -0.3 is 9.32 Å². The average Bonchev–Trinajstić information content (AvgIpc) is 3.61. The highest BCUT2D eigenvalue weighted by Gasteiger charge is 2.19. The summed E-state index contributed by atoms with van der Waals surface area (Å²) >= 11 is 0. The maximum Gasteiger partial charge on any atom is 0.136 e. The summed E-state index contributed by atoms with van der Waals surface area (Å²) < 4.78 is 6.29. The minimum atomic E-state index is 0.896. The molecule has 0 N–H and O–H groups in total. The molecule has 1 aromatic heterocycles. The number of rotatable bonds is 6. The Morgan fingerprint density at radius 3 is 1.79 bits per heavy atom. The molecule has 0 aliphatic carbocycles. The van der Waals surface area contributed by atoms with Gasteiger partial charge in [0.1, 0.15) is 11.2 Å².